The highest BCUT2D eigenvalue weighted by Crippen LogP contribution is 2.23. The molecule has 0 bridgehead atoms. The molecule has 114 valence electrons. The Hall–Kier alpha value is -1.84. The lowest BCUT2D eigenvalue weighted by atomic mass is 9.86. The molecule has 1 aliphatic carbocycles. The summed E-state index contributed by atoms with van der Waals surface area (Å²) in [7, 11) is 0. The number of aryl methyl sites for hydroxylation is 1. The van der Waals surface area contributed by atoms with Gasteiger partial charge in [-0.1, -0.05) is 38.0 Å². The van der Waals surface area contributed by atoms with E-state index in [1.807, 2.05) is 19.1 Å². The van der Waals surface area contributed by atoms with E-state index in [0.717, 1.165) is 24.8 Å². The minimum absolute atomic E-state index is 0.211. The molecule has 2 rings (SSSR count). The molecule has 0 saturated heterocycles. The van der Waals surface area contributed by atoms with Crippen molar-refractivity contribution in [2.75, 3.05) is 6.61 Å². The van der Waals surface area contributed by atoms with Crippen LogP contribution in [0.25, 0.3) is 0 Å². The number of amides is 1. The molecule has 0 aliphatic heterocycles. The van der Waals surface area contributed by atoms with Gasteiger partial charge in [0.2, 0.25) is 0 Å². The number of benzene rings is 1. The molecule has 1 aromatic carbocycles. The van der Waals surface area contributed by atoms with Gasteiger partial charge in [-0.15, -0.1) is 0 Å². The molecular formula is C17H23NO3. The van der Waals surface area contributed by atoms with E-state index in [0.29, 0.717) is 11.5 Å². The molecule has 4 heteroatoms. The van der Waals surface area contributed by atoms with E-state index in [9.17, 15) is 9.59 Å². The number of rotatable bonds is 4. The third-order valence-corrected chi connectivity index (χ3v) is 4.16. The normalized spacial score (nSPS) is 21.6. The van der Waals surface area contributed by atoms with E-state index >= 15 is 0 Å². The summed E-state index contributed by atoms with van der Waals surface area (Å²) in [5.41, 5.74) is 1.36. The molecule has 0 spiro atoms. The van der Waals surface area contributed by atoms with Crippen LogP contribution in [-0.4, -0.2) is 24.5 Å². The van der Waals surface area contributed by atoms with Gasteiger partial charge in [0, 0.05) is 6.04 Å². The van der Waals surface area contributed by atoms with Gasteiger partial charge in [-0.25, -0.2) is 4.79 Å². The maximum atomic E-state index is 11.9. The molecule has 1 aromatic rings. The Kier molecular flexibility index (Phi) is 5.37. The predicted octanol–water partition coefficient (Wildman–Crippen LogP) is 2.85. The molecule has 21 heavy (non-hydrogen) atoms. The molecule has 4 nitrogen and oxygen atoms in total. The number of hydrogen-bond acceptors (Lipinski definition) is 3. The average Bonchev–Trinajstić information content (AvgIpc) is 2.48. The Balaban J connectivity index is 1.81. The standard InChI is InChI=1S/C17H23NO3/c1-12-7-3-5-9-14(12)17(20)21-11-16(19)18-15-10-6-4-8-13(15)2/h3,5,7,9,13,15H,4,6,8,10-11H2,1-2H3,(H,18,19)/t13-,15+/m1/s1. The second kappa shape index (κ2) is 7.25. The Morgan fingerprint density at radius 2 is 1.95 bits per heavy atom. The van der Waals surface area contributed by atoms with Crippen molar-refractivity contribution in [3.8, 4) is 0 Å². The highest BCUT2D eigenvalue weighted by Gasteiger charge is 2.23. The first-order valence-electron chi connectivity index (χ1n) is 7.60. The minimum atomic E-state index is -0.444. The van der Waals surface area contributed by atoms with Crippen molar-refractivity contribution in [2.45, 2.75) is 45.6 Å². The van der Waals surface area contributed by atoms with Crippen molar-refractivity contribution < 1.29 is 14.3 Å². The van der Waals surface area contributed by atoms with Gasteiger partial charge in [-0.05, 0) is 37.3 Å². The first-order valence-corrected chi connectivity index (χ1v) is 7.60. The van der Waals surface area contributed by atoms with Gasteiger partial charge < -0.3 is 10.1 Å². The first kappa shape index (κ1) is 15.5. The van der Waals surface area contributed by atoms with E-state index in [-0.39, 0.29) is 18.6 Å². The smallest absolute Gasteiger partial charge is 0.338 e. The topological polar surface area (TPSA) is 55.4 Å². The maximum Gasteiger partial charge on any atom is 0.338 e. The number of esters is 1. The van der Waals surface area contributed by atoms with Gasteiger partial charge in [-0.2, -0.15) is 0 Å². The van der Waals surface area contributed by atoms with Crippen molar-refractivity contribution in [3.63, 3.8) is 0 Å². The lowest BCUT2D eigenvalue weighted by molar-refractivity contribution is -0.125. The van der Waals surface area contributed by atoms with E-state index in [1.54, 1.807) is 12.1 Å². The van der Waals surface area contributed by atoms with E-state index in [4.69, 9.17) is 4.74 Å². The van der Waals surface area contributed by atoms with Gasteiger partial charge in [0.15, 0.2) is 6.61 Å². The zero-order valence-electron chi connectivity index (χ0n) is 12.7. The summed E-state index contributed by atoms with van der Waals surface area (Å²) in [5, 5.41) is 2.97. The van der Waals surface area contributed by atoms with Crippen LogP contribution in [0.15, 0.2) is 24.3 Å². The second-order valence-electron chi connectivity index (χ2n) is 5.83. The fourth-order valence-electron chi connectivity index (χ4n) is 2.79. The molecule has 1 N–H and O–H groups in total. The van der Waals surface area contributed by atoms with Crippen LogP contribution in [0, 0.1) is 12.8 Å². The van der Waals surface area contributed by atoms with Crippen LogP contribution >= 0.6 is 0 Å². The van der Waals surface area contributed by atoms with Crippen molar-refractivity contribution in [3.05, 3.63) is 35.4 Å². The van der Waals surface area contributed by atoms with Crippen LogP contribution in [0.4, 0.5) is 0 Å². The van der Waals surface area contributed by atoms with Crippen molar-refractivity contribution >= 4 is 11.9 Å². The summed E-state index contributed by atoms with van der Waals surface area (Å²) >= 11 is 0. The number of hydrogen-bond donors (Lipinski definition) is 1. The maximum absolute atomic E-state index is 11.9. The van der Waals surface area contributed by atoms with Crippen LogP contribution in [0.1, 0.15) is 48.5 Å². The number of carbonyl (C=O) groups is 2. The Labute approximate surface area is 125 Å². The molecule has 0 unspecified atom stereocenters. The first-order chi connectivity index (χ1) is 10.1. The quantitative estimate of drug-likeness (QED) is 0.867. The molecule has 0 radical (unpaired) electrons. The minimum Gasteiger partial charge on any atom is -0.452 e. The SMILES string of the molecule is Cc1ccccc1C(=O)OCC(=O)N[C@H]1CCCC[C@H]1C. The molecular weight excluding hydrogens is 266 g/mol. The Morgan fingerprint density at radius 3 is 2.67 bits per heavy atom. The van der Waals surface area contributed by atoms with Gasteiger partial charge in [0.25, 0.3) is 5.91 Å². The van der Waals surface area contributed by atoms with Crippen LogP contribution in [0.5, 0.6) is 0 Å². The van der Waals surface area contributed by atoms with Crippen LogP contribution in [0.2, 0.25) is 0 Å². The highest BCUT2D eigenvalue weighted by molar-refractivity contribution is 5.92. The lowest BCUT2D eigenvalue weighted by Crippen LogP contribution is -2.42. The molecule has 1 saturated carbocycles. The van der Waals surface area contributed by atoms with Crippen LogP contribution in [-0.2, 0) is 9.53 Å². The van der Waals surface area contributed by atoms with Crippen LogP contribution < -0.4 is 5.32 Å². The summed E-state index contributed by atoms with van der Waals surface area (Å²) in [6.07, 6.45) is 4.54. The van der Waals surface area contributed by atoms with Gasteiger partial charge in [0.1, 0.15) is 0 Å². The molecule has 1 fully saturated rings. The lowest BCUT2D eigenvalue weighted by Gasteiger charge is -2.29. The summed E-state index contributed by atoms with van der Waals surface area (Å²) in [6, 6.07) is 7.42. The number of ether oxygens (including phenoxy) is 1. The fraction of sp³-hybridized carbons (Fsp3) is 0.529. The van der Waals surface area contributed by atoms with Crippen LogP contribution in [0.3, 0.4) is 0 Å². The number of carbonyl (C=O) groups excluding carboxylic acids is 2. The largest absolute Gasteiger partial charge is 0.452 e. The summed E-state index contributed by atoms with van der Waals surface area (Å²) < 4.78 is 5.10. The molecule has 0 heterocycles. The Morgan fingerprint density at radius 1 is 1.24 bits per heavy atom. The third-order valence-electron chi connectivity index (χ3n) is 4.16. The van der Waals surface area contributed by atoms with E-state index in [2.05, 4.69) is 12.2 Å². The second-order valence-corrected chi connectivity index (χ2v) is 5.83. The predicted molar refractivity (Wildman–Crippen MR) is 81.0 cm³/mol. The zero-order chi connectivity index (χ0) is 15.2. The summed E-state index contributed by atoms with van der Waals surface area (Å²) in [4.78, 5) is 23.8. The average molecular weight is 289 g/mol. The van der Waals surface area contributed by atoms with Crippen molar-refractivity contribution in [1.29, 1.82) is 0 Å². The summed E-state index contributed by atoms with van der Waals surface area (Å²) in [6.45, 7) is 3.79. The van der Waals surface area contributed by atoms with Crippen molar-refractivity contribution in [2.24, 2.45) is 5.92 Å². The van der Waals surface area contributed by atoms with Gasteiger partial charge >= 0.3 is 5.97 Å². The zero-order valence-corrected chi connectivity index (χ0v) is 12.7. The monoisotopic (exact) mass is 289 g/mol. The third kappa shape index (κ3) is 4.31. The number of nitrogens with one attached hydrogen (secondary N) is 1. The molecule has 1 amide bonds. The van der Waals surface area contributed by atoms with E-state index in [1.165, 1.54) is 6.42 Å². The fourth-order valence-corrected chi connectivity index (χ4v) is 2.79. The van der Waals surface area contributed by atoms with E-state index < -0.39 is 5.97 Å². The Bertz CT molecular complexity index is 513. The molecule has 2 atom stereocenters. The van der Waals surface area contributed by atoms with Gasteiger partial charge in [0.05, 0.1) is 5.56 Å². The molecule has 1 aliphatic rings. The highest BCUT2D eigenvalue weighted by atomic mass is 16.5. The molecule has 0 aromatic heterocycles. The van der Waals surface area contributed by atoms with Gasteiger partial charge in [-0.3, -0.25) is 4.79 Å². The summed E-state index contributed by atoms with van der Waals surface area (Å²) in [5.74, 6) is -0.162. The van der Waals surface area contributed by atoms with Crippen molar-refractivity contribution in [1.82, 2.24) is 5.32 Å².